The second-order valence-corrected chi connectivity index (χ2v) is 8.99. The van der Waals surface area contributed by atoms with Crippen molar-refractivity contribution in [3.63, 3.8) is 0 Å². The van der Waals surface area contributed by atoms with Crippen LogP contribution in [-0.2, 0) is 9.53 Å². The van der Waals surface area contributed by atoms with Crippen LogP contribution in [0.15, 0.2) is 0 Å². The molecule has 0 bridgehead atoms. The maximum Gasteiger partial charge on any atom is 0.139 e. The number of carbonyl (C=O) groups is 1. The molecule has 6 atom stereocenters. The van der Waals surface area contributed by atoms with Crippen LogP contribution in [0.3, 0.4) is 0 Å². The van der Waals surface area contributed by atoms with Gasteiger partial charge in [0, 0.05) is 11.8 Å². The molecule has 6 unspecified atom stereocenters. The molecule has 3 aliphatic carbocycles. The van der Waals surface area contributed by atoms with Gasteiger partial charge in [-0.25, -0.2) is 0 Å². The van der Waals surface area contributed by atoms with E-state index in [2.05, 4.69) is 20.8 Å². The largest absolute Gasteiger partial charge is 0.367 e. The third-order valence-corrected chi connectivity index (χ3v) is 7.60. The zero-order valence-corrected chi connectivity index (χ0v) is 13.9. The summed E-state index contributed by atoms with van der Waals surface area (Å²) in [6.45, 7) is 6.73. The highest BCUT2D eigenvalue weighted by molar-refractivity contribution is 5.87. The molecule has 1 saturated heterocycles. The van der Waals surface area contributed by atoms with E-state index in [1.165, 1.54) is 38.5 Å². The Bertz CT molecular complexity index is 454. The summed E-state index contributed by atoms with van der Waals surface area (Å²) in [6, 6.07) is 0. The van der Waals surface area contributed by atoms with Crippen molar-refractivity contribution in [3.05, 3.63) is 0 Å². The summed E-state index contributed by atoms with van der Waals surface area (Å²) in [7, 11) is 0. The molecule has 0 aromatic heterocycles. The van der Waals surface area contributed by atoms with E-state index in [0.29, 0.717) is 17.8 Å². The first-order chi connectivity index (χ1) is 9.92. The third kappa shape index (κ3) is 2.12. The van der Waals surface area contributed by atoms with Crippen molar-refractivity contribution in [1.82, 2.24) is 0 Å². The molecule has 2 nitrogen and oxygen atoms in total. The standard InChI is InChI=1S/C19H30O2/c1-18(2)17(21-18)11-12-5-4-6-14-13(12)9-10-19(3)15(14)7-8-16(19)20/h12-15,17H,4-11H2,1-3H3. The van der Waals surface area contributed by atoms with Gasteiger partial charge in [-0.2, -0.15) is 0 Å². The van der Waals surface area contributed by atoms with Gasteiger partial charge in [0.05, 0.1) is 11.7 Å². The van der Waals surface area contributed by atoms with E-state index >= 15 is 0 Å². The number of ketones is 1. The Morgan fingerprint density at radius 2 is 1.86 bits per heavy atom. The van der Waals surface area contributed by atoms with Gasteiger partial charge >= 0.3 is 0 Å². The van der Waals surface area contributed by atoms with Crippen LogP contribution in [0.5, 0.6) is 0 Å². The number of epoxide rings is 1. The molecule has 3 saturated carbocycles. The van der Waals surface area contributed by atoms with Gasteiger partial charge in [0.2, 0.25) is 0 Å². The highest BCUT2D eigenvalue weighted by Crippen LogP contribution is 2.60. The van der Waals surface area contributed by atoms with Crippen LogP contribution < -0.4 is 0 Å². The van der Waals surface area contributed by atoms with Gasteiger partial charge < -0.3 is 4.74 Å². The van der Waals surface area contributed by atoms with Crippen LogP contribution in [0.25, 0.3) is 0 Å². The molecular weight excluding hydrogens is 260 g/mol. The van der Waals surface area contributed by atoms with Crippen LogP contribution in [-0.4, -0.2) is 17.5 Å². The number of carbonyl (C=O) groups excluding carboxylic acids is 1. The molecule has 4 fully saturated rings. The molecule has 21 heavy (non-hydrogen) atoms. The molecule has 0 N–H and O–H groups in total. The quantitative estimate of drug-likeness (QED) is 0.707. The van der Waals surface area contributed by atoms with Crippen LogP contribution >= 0.6 is 0 Å². The molecule has 0 radical (unpaired) electrons. The SMILES string of the molecule is CC1(C)OC1CC1CCCC2C1CCC1(C)C(=O)CCC21. The predicted octanol–water partition coefficient (Wildman–Crippen LogP) is 4.37. The fourth-order valence-electron chi connectivity index (χ4n) is 6.15. The zero-order valence-electron chi connectivity index (χ0n) is 13.9. The number of hydrogen-bond acceptors (Lipinski definition) is 2. The lowest BCUT2D eigenvalue weighted by Crippen LogP contribution is -2.45. The van der Waals surface area contributed by atoms with Crippen molar-refractivity contribution in [2.75, 3.05) is 0 Å². The first-order valence-electron chi connectivity index (χ1n) is 9.13. The number of Topliss-reactive ketones (excluding diaryl/α,β-unsaturated/α-hetero) is 1. The molecule has 1 heterocycles. The smallest absolute Gasteiger partial charge is 0.139 e. The highest BCUT2D eigenvalue weighted by atomic mass is 16.6. The summed E-state index contributed by atoms with van der Waals surface area (Å²) in [5.41, 5.74) is 0.178. The van der Waals surface area contributed by atoms with Gasteiger partial charge in [0.1, 0.15) is 5.78 Å². The average Bonchev–Trinajstić information content (AvgIpc) is 2.91. The first-order valence-corrected chi connectivity index (χ1v) is 9.13. The molecule has 118 valence electrons. The first kappa shape index (κ1) is 14.2. The van der Waals surface area contributed by atoms with Gasteiger partial charge in [-0.3, -0.25) is 4.79 Å². The van der Waals surface area contributed by atoms with Crippen molar-refractivity contribution < 1.29 is 9.53 Å². The van der Waals surface area contributed by atoms with Gasteiger partial charge in [0.25, 0.3) is 0 Å². The number of hydrogen-bond donors (Lipinski definition) is 0. The molecule has 0 spiro atoms. The summed E-state index contributed by atoms with van der Waals surface area (Å²) in [4.78, 5) is 12.3. The van der Waals surface area contributed by atoms with Gasteiger partial charge in [0.15, 0.2) is 0 Å². The Balaban J connectivity index is 1.51. The van der Waals surface area contributed by atoms with E-state index in [1.54, 1.807) is 0 Å². The maximum atomic E-state index is 12.3. The third-order valence-electron chi connectivity index (χ3n) is 7.60. The lowest BCUT2D eigenvalue weighted by molar-refractivity contribution is -0.131. The van der Waals surface area contributed by atoms with Crippen molar-refractivity contribution in [1.29, 1.82) is 0 Å². The van der Waals surface area contributed by atoms with Crippen LogP contribution in [0.2, 0.25) is 0 Å². The van der Waals surface area contributed by atoms with E-state index in [9.17, 15) is 4.79 Å². The summed E-state index contributed by atoms with van der Waals surface area (Å²) in [5, 5.41) is 0. The lowest BCUT2D eigenvalue weighted by Gasteiger charge is -2.50. The number of rotatable bonds is 2. The summed E-state index contributed by atoms with van der Waals surface area (Å²) < 4.78 is 5.86. The van der Waals surface area contributed by atoms with Gasteiger partial charge in [-0.15, -0.1) is 0 Å². The second kappa shape index (κ2) is 4.57. The molecular formula is C19H30O2. The van der Waals surface area contributed by atoms with Gasteiger partial charge in [-0.05, 0) is 69.6 Å². The van der Waals surface area contributed by atoms with E-state index in [4.69, 9.17) is 4.74 Å². The average molecular weight is 290 g/mol. The van der Waals surface area contributed by atoms with Crippen molar-refractivity contribution in [2.24, 2.45) is 29.1 Å². The summed E-state index contributed by atoms with van der Waals surface area (Å²) >= 11 is 0. The fourth-order valence-corrected chi connectivity index (χ4v) is 6.15. The Morgan fingerprint density at radius 3 is 2.57 bits per heavy atom. The van der Waals surface area contributed by atoms with Crippen molar-refractivity contribution in [2.45, 2.75) is 83.8 Å². The normalized spacial score (nSPS) is 51.4. The minimum absolute atomic E-state index is 0.0401. The molecule has 0 amide bonds. The molecule has 1 aliphatic heterocycles. The molecule has 4 aliphatic rings. The minimum Gasteiger partial charge on any atom is -0.367 e. The second-order valence-electron chi connectivity index (χ2n) is 8.99. The number of fused-ring (bicyclic) bond motifs is 3. The highest BCUT2D eigenvalue weighted by Gasteiger charge is 2.56. The van der Waals surface area contributed by atoms with Crippen LogP contribution in [0.4, 0.5) is 0 Å². The Kier molecular flexibility index (Phi) is 3.10. The maximum absolute atomic E-state index is 12.3. The predicted molar refractivity (Wildman–Crippen MR) is 83.0 cm³/mol. The Hall–Kier alpha value is -0.370. The Morgan fingerprint density at radius 1 is 1.10 bits per heavy atom. The molecule has 2 heteroatoms. The molecule has 4 rings (SSSR count). The van der Waals surface area contributed by atoms with E-state index < -0.39 is 0 Å². The van der Waals surface area contributed by atoms with Gasteiger partial charge in [-0.1, -0.05) is 19.8 Å². The van der Waals surface area contributed by atoms with E-state index in [1.807, 2.05) is 0 Å². The Labute approximate surface area is 129 Å². The van der Waals surface area contributed by atoms with Crippen molar-refractivity contribution in [3.8, 4) is 0 Å². The van der Waals surface area contributed by atoms with E-state index in [0.717, 1.165) is 30.6 Å². The van der Waals surface area contributed by atoms with Crippen molar-refractivity contribution >= 4 is 5.78 Å². The van der Waals surface area contributed by atoms with Crippen LogP contribution in [0, 0.1) is 29.1 Å². The fraction of sp³-hybridized carbons (Fsp3) is 0.947. The zero-order chi connectivity index (χ0) is 14.8. The topological polar surface area (TPSA) is 29.6 Å². The number of ether oxygens (including phenoxy) is 1. The molecule has 0 aromatic rings. The monoisotopic (exact) mass is 290 g/mol. The molecule has 0 aromatic carbocycles. The van der Waals surface area contributed by atoms with Crippen LogP contribution in [0.1, 0.15) is 72.1 Å². The lowest BCUT2D eigenvalue weighted by atomic mass is 9.54. The summed E-state index contributed by atoms with van der Waals surface area (Å²) in [5.74, 6) is 3.83. The van der Waals surface area contributed by atoms with E-state index in [-0.39, 0.29) is 11.0 Å². The minimum atomic E-state index is 0.0401. The summed E-state index contributed by atoms with van der Waals surface area (Å²) in [6.07, 6.45) is 10.4.